The molecule has 0 aliphatic rings. The van der Waals surface area contributed by atoms with Gasteiger partial charge in [-0.3, -0.25) is 19.9 Å². The number of nitrogens with one attached hydrogen (secondary N) is 3. The van der Waals surface area contributed by atoms with Crippen LogP contribution in [0.1, 0.15) is 19.8 Å². The van der Waals surface area contributed by atoms with Crippen LogP contribution in [0.2, 0.25) is 0 Å². The molecule has 5 aromatic heterocycles. The van der Waals surface area contributed by atoms with Crippen LogP contribution in [-0.4, -0.2) is 41.0 Å². The Hall–Kier alpha value is -4.21. The first kappa shape index (κ1) is 18.8. The largest absolute Gasteiger partial charge is 0.335 e. The summed E-state index contributed by atoms with van der Waals surface area (Å²) >= 11 is 0. The minimum absolute atomic E-state index is 0.100. The Morgan fingerprint density at radius 3 is 2.90 bits per heavy atom. The summed E-state index contributed by atoms with van der Waals surface area (Å²) in [5, 5.41) is 10.0. The number of aromatic nitrogens is 7. The molecule has 154 valence electrons. The van der Waals surface area contributed by atoms with Crippen LogP contribution in [0.4, 0.5) is 10.1 Å². The summed E-state index contributed by atoms with van der Waals surface area (Å²) in [5.41, 5.74) is 3.02. The summed E-state index contributed by atoms with van der Waals surface area (Å²) in [5.74, 6) is -0.288. The molecule has 0 bridgehead atoms. The van der Waals surface area contributed by atoms with Gasteiger partial charge < -0.3 is 10.3 Å². The number of amides is 1. The molecular formula is C21H17FN8O. The van der Waals surface area contributed by atoms with E-state index in [0.29, 0.717) is 40.4 Å². The maximum atomic E-state index is 15.6. The molecule has 31 heavy (non-hydrogen) atoms. The first-order chi connectivity index (χ1) is 15.1. The number of nitrogens with zero attached hydrogens (tertiary/aromatic N) is 5. The quantitative estimate of drug-likeness (QED) is 0.400. The van der Waals surface area contributed by atoms with Crippen molar-refractivity contribution in [3.8, 4) is 22.8 Å². The predicted octanol–water partition coefficient (Wildman–Crippen LogP) is 3.84. The standard InChI is InChI=1S/C21H17FN8O/c1-2-4-15(31)26-12-7-11(8-23-9-12)18-17(22)16-14(10-25-18)29-30-19(16)21-27-13-5-3-6-24-20(13)28-21/h3,5-10H,2,4H2,1H3,(H,26,31)(H,29,30)(H,24,27,28). The van der Waals surface area contributed by atoms with Crippen LogP contribution in [0.15, 0.2) is 43.0 Å². The molecule has 1 amide bonds. The van der Waals surface area contributed by atoms with Crippen molar-refractivity contribution >= 4 is 33.7 Å². The van der Waals surface area contributed by atoms with Crippen LogP contribution in [0, 0.1) is 5.82 Å². The molecule has 10 heteroatoms. The van der Waals surface area contributed by atoms with Crippen molar-refractivity contribution in [2.75, 3.05) is 5.32 Å². The first-order valence-electron chi connectivity index (χ1n) is 9.73. The monoisotopic (exact) mass is 416 g/mol. The highest BCUT2D eigenvalue weighted by molar-refractivity contribution is 5.95. The number of halogens is 1. The molecule has 5 rings (SSSR count). The van der Waals surface area contributed by atoms with Crippen LogP contribution < -0.4 is 5.32 Å². The molecule has 3 N–H and O–H groups in total. The van der Waals surface area contributed by atoms with Gasteiger partial charge in [0.05, 0.1) is 34.5 Å². The van der Waals surface area contributed by atoms with E-state index in [1.54, 1.807) is 18.3 Å². The summed E-state index contributed by atoms with van der Waals surface area (Å²) in [4.78, 5) is 32.0. The second-order valence-electron chi connectivity index (χ2n) is 7.00. The lowest BCUT2D eigenvalue weighted by Gasteiger charge is -2.07. The summed E-state index contributed by atoms with van der Waals surface area (Å²) < 4.78 is 15.6. The van der Waals surface area contributed by atoms with Gasteiger partial charge in [-0.15, -0.1) is 0 Å². The van der Waals surface area contributed by atoms with Gasteiger partial charge in [-0.25, -0.2) is 14.4 Å². The minimum atomic E-state index is -0.562. The molecule has 0 saturated heterocycles. The van der Waals surface area contributed by atoms with Crippen molar-refractivity contribution < 1.29 is 9.18 Å². The van der Waals surface area contributed by atoms with E-state index >= 15 is 4.39 Å². The van der Waals surface area contributed by atoms with Gasteiger partial charge >= 0.3 is 0 Å². The number of hydrogen-bond acceptors (Lipinski definition) is 6. The SMILES string of the molecule is CCCC(=O)Nc1cncc(-c2ncc3[nH]nc(-c4nc5ncccc5[nH]4)c3c2F)c1. The topological polar surface area (TPSA) is 125 Å². The Morgan fingerprint density at radius 2 is 2.06 bits per heavy atom. The molecular weight excluding hydrogens is 399 g/mol. The molecule has 0 radical (unpaired) electrons. The fourth-order valence-corrected chi connectivity index (χ4v) is 3.39. The van der Waals surface area contributed by atoms with Gasteiger partial charge in [0.2, 0.25) is 5.91 Å². The molecule has 9 nitrogen and oxygen atoms in total. The lowest BCUT2D eigenvalue weighted by atomic mass is 10.1. The van der Waals surface area contributed by atoms with Crippen molar-refractivity contribution in [2.24, 2.45) is 0 Å². The molecule has 0 fully saturated rings. The zero-order valence-corrected chi connectivity index (χ0v) is 16.5. The van der Waals surface area contributed by atoms with E-state index in [-0.39, 0.29) is 17.0 Å². The van der Waals surface area contributed by atoms with Crippen LogP contribution in [0.3, 0.4) is 0 Å². The van der Waals surface area contributed by atoms with E-state index in [4.69, 9.17) is 0 Å². The number of H-pyrrole nitrogens is 2. The fraction of sp³-hybridized carbons (Fsp3) is 0.143. The highest BCUT2D eigenvalue weighted by atomic mass is 19.1. The number of anilines is 1. The van der Waals surface area contributed by atoms with Gasteiger partial charge in [-0.2, -0.15) is 5.10 Å². The molecule has 0 aliphatic carbocycles. The Morgan fingerprint density at radius 1 is 1.16 bits per heavy atom. The number of rotatable bonds is 5. The van der Waals surface area contributed by atoms with E-state index < -0.39 is 5.82 Å². The number of hydrogen-bond donors (Lipinski definition) is 3. The second-order valence-corrected chi connectivity index (χ2v) is 7.00. The molecule has 0 saturated carbocycles. The third-order valence-electron chi connectivity index (χ3n) is 4.80. The number of imidazole rings is 1. The lowest BCUT2D eigenvalue weighted by molar-refractivity contribution is -0.116. The van der Waals surface area contributed by atoms with Crippen LogP contribution in [0.25, 0.3) is 44.8 Å². The summed E-state index contributed by atoms with van der Waals surface area (Å²) in [6, 6.07) is 5.26. The Balaban J connectivity index is 1.59. The van der Waals surface area contributed by atoms with Crippen molar-refractivity contribution in [1.82, 2.24) is 35.1 Å². The molecule has 0 aliphatic heterocycles. The Kier molecular flexibility index (Phi) is 4.58. The molecule has 0 unspecified atom stereocenters. The van der Waals surface area contributed by atoms with E-state index in [0.717, 1.165) is 11.9 Å². The van der Waals surface area contributed by atoms with Gasteiger partial charge in [0.25, 0.3) is 0 Å². The Bertz CT molecular complexity index is 1390. The van der Waals surface area contributed by atoms with Crippen LogP contribution in [0.5, 0.6) is 0 Å². The van der Waals surface area contributed by atoms with Gasteiger partial charge in [-0.1, -0.05) is 6.92 Å². The smallest absolute Gasteiger partial charge is 0.224 e. The maximum absolute atomic E-state index is 15.6. The first-order valence-corrected chi connectivity index (χ1v) is 9.73. The zero-order chi connectivity index (χ0) is 21.4. The molecule has 0 aromatic carbocycles. The number of fused-ring (bicyclic) bond motifs is 2. The Labute approximate surface area is 175 Å². The highest BCUT2D eigenvalue weighted by Crippen LogP contribution is 2.32. The fourth-order valence-electron chi connectivity index (χ4n) is 3.39. The third-order valence-corrected chi connectivity index (χ3v) is 4.80. The van der Waals surface area contributed by atoms with Gasteiger partial charge in [0.15, 0.2) is 17.3 Å². The van der Waals surface area contributed by atoms with Crippen LogP contribution >= 0.6 is 0 Å². The lowest BCUT2D eigenvalue weighted by Crippen LogP contribution is -2.10. The maximum Gasteiger partial charge on any atom is 0.224 e. The van der Waals surface area contributed by atoms with Crippen molar-refractivity contribution in [3.63, 3.8) is 0 Å². The predicted molar refractivity (Wildman–Crippen MR) is 113 cm³/mol. The van der Waals surface area contributed by atoms with E-state index in [1.165, 1.54) is 18.6 Å². The minimum Gasteiger partial charge on any atom is -0.335 e. The molecule has 0 atom stereocenters. The second kappa shape index (κ2) is 7.56. The molecule has 5 heterocycles. The normalized spacial score (nSPS) is 11.3. The summed E-state index contributed by atoms with van der Waals surface area (Å²) in [6.07, 6.45) is 7.28. The van der Waals surface area contributed by atoms with Gasteiger partial charge in [0.1, 0.15) is 11.4 Å². The van der Waals surface area contributed by atoms with Crippen molar-refractivity contribution in [1.29, 1.82) is 0 Å². The zero-order valence-electron chi connectivity index (χ0n) is 16.5. The number of carbonyl (C=O) groups is 1. The van der Waals surface area contributed by atoms with E-state index in [9.17, 15) is 4.79 Å². The van der Waals surface area contributed by atoms with E-state index in [1.807, 2.05) is 13.0 Å². The number of aromatic amines is 2. The molecule has 5 aromatic rings. The summed E-state index contributed by atoms with van der Waals surface area (Å²) in [6.45, 7) is 1.92. The van der Waals surface area contributed by atoms with Crippen molar-refractivity contribution in [3.05, 3.63) is 48.8 Å². The van der Waals surface area contributed by atoms with Gasteiger partial charge in [0, 0.05) is 24.4 Å². The third kappa shape index (κ3) is 3.37. The molecule has 0 spiro atoms. The highest BCUT2D eigenvalue weighted by Gasteiger charge is 2.20. The van der Waals surface area contributed by atoms with Crippen molar-refractivity contribution in [2.45, 2.75) is 19.8 Å². The van der Waals surface area contributed by atoms with E-state index in [2.05, 4.69) is 40.4 Å². The van der Waals surface area contributed by atoms with Crippen LogP contribution in [-0.2, 0) is 4.79 Å². The van der Waals surface area contributed by atoms with Gasteiger partial charge in [-0.05, 0) is 24.6 Å². The average Bonchev–Trinajstić information content (AvgIpc) is 3.38. The number of carbonyl (C=O) groups excluding carboxylic acids is 1. The average molecular weight is 416 g/mol. The summed E-state index contributed by atoms with van der Waals surface area (Å²) in [7, 11) is 0. The number of pyridine rings is 3.